The zero-order valence-corrected chi connectivity index (χ0v) is 9.40. The van der Waals surface area contributed by atoms with Gasteiger partial charge in [-0.25, -0.2) is 0 Å². The molecule has 78 valence electrons. The Bertz CT molecular complexity index is 137. The standard InChI is InChI=1S/C10H20O2S/c1-3-4-6-9(10(11)12)7-5-8-13-2/h9H,3-8H2,1-2H3,(H,11,12). The van der Waals surface area contributed by atoms with Crippen LogP contribution in [0.1, 0.15) is 39.0 Å². The van der Waals surface area contributed by atoms with Crippen LogP contribution in [0, 0.1) is 5.92 Å². The van der Waals surface area contributed by atoms with Crippen LogP contribution in [0.25, 0.3) is 0 Å². The monoisotopic (exact) mass is 204 g/mol. The number of carboxylic acids is 1. The maximum absolute atomic E-state index is 10.8. The molecule has 0 saturated heterocycles. The van der Waals surface area contributed by atoms with Crippen molar-refractivity contribution in [2.75, 3.05) is 12.0 Å². The van der Waals surface area contributed by atoms with Gasteiger partial charge in [0.25, 0.3) is 0 Å². The summed E-state index contributed by atoms with van der Waals surface area (Å²) in [4.78, 5) is 10.8. The van der Waals surface area contributed by atoms with Crippen molar-refractivity contribution in [3.63, 3.8) is 0 Å². The molecule has 0 aliphatic carbocycles. The van der Waals surface area contributed by atoms with Crippen molar-refractivity contribution >= 4 is 17.7 Å². The van der Waals surface area contributed by atoms with Crippen LogP contribution in [0.15, 0.2) is 0 Å². The predicted molar refractivity (Wildman–Crippen MR) is 58.3 cm³/mol. The Balaban J connectivity index is 3.61. The van der Waals surface area contributed by atoms with Gasteiger partial charge in [-0.15, -0.1) is 0 Å². The lowest BCUT2D eigenvalue weighted by Gasteiger charge is -2.10. The molecule has 0 aromatic heterocycles. The highest BCUT2D eigenvalue weighted by molar-refractivity contribution is 7.98. The van der Waals surface area contributed by atoms with E-state index in [1.165, 1.54) is 0 Å². The molecule has 0 fully saturated rings. The van der Waals surface area contributed by atoms with Gasteiger partial charge in [0.1, 0.15) is 0 Å². The Hall–Kier alpha value is -0.180. The molecule has 0 aliphatic heterocycles. The smallest absolute Gasteiger partial charge is 0.306 e. The van der Waals surface area contributed by atoms with E-state index in [1.807, 2.05) is 0 Å². The minimum absolute atomic E-state index is 0.105. The van der Waals surface area contributed by atoms with Gasteiger partial charge in [-0.3, -0.25) is 4.79 Å². The van der Waals surface area contributed by atoms with Crippen LogP contribution in [0.2, 0.25) is 0 Å². The fraction of sp³-hybridized carbons (Fsp3) is 0.900. The highest BCUT2D eigenvalue weighted by atomic mass is 32.2. The largest absolute Gasteiger partial charge is 0.481 e. The normalized spacial score (nSPS) is 12.8. The molecule has 0 amide bonds. The van der Waals surface area contributed by atoms with Gasteiger partial charge in [-0.05, 0) is 31.3 Å². The zero-order valence-electron chi connectivity index (χ0n) is 8.58. The molecular weight excluding hydrogens is 184 g/mol. The van der Waals surface area contributed by atoms with Gasteiger partial charge in [-0.1, -0.05) is 19.8 Å². The summed E-state index contributed by atoms with van der Waals surface area (Å²) in [5.74, 6) is 0.359. The lowest BCUT2D eigenvalue weighted by Crippen LogP contribution is -2.13. The van der Waals surface area contributed by atoms with Crippen molar-refractivity contribution in [2.24, 2.45) is 5.92 Å². The molecule has 0 saturated carbocycles. The van der Waals surface area contributed by atoms with E-state index >= 15 is 0 Å². The minimum Gasteiger partial charge on any atom is -0.481 e. The molecule has 0 radical (unpaired) electrons. The van der Waals surface area contributed by atoms with Gasteiger partial charge in [0.15, 0.2) is 0 Å². The van der Waals surface area contributed by atoms with E-state index in [1.54, 1.807) is 11.8 Å². The van der Waals surface area contributed by atoms with Crippen LogP contribution in [-0.4, -0.2) is 23.1 Å². The number of aliphatic carboxylic acids is 1. The first-order chi connectivity index (χ1) is 6.22. The third-order valence-corrected chi connectivity index (χ3v) is 2.85. The molecular formula is C10H20O2S. The topological polar surface area (TPSA) is 37.3 Å². The Labute approximate surface area is 85.1 Å². The van der Waals surface area contributed by atoms with Gasteiger partial charge < -0.3 is 5.11 Å². The summed E-state index contributed by atoms with van der Waals surface area (Å²) in [6.07, 6.45) is 6.91. The summed E-state index contributed by atoms with van der Waals surface area (Å²) >= 11 is 1.79. The van der Waals surface area contributed by atoms with Crippen LogP contribution < -0.4 is 0 Å². The van der Waals surface area contributed by atoms with Gasteiger partial charge >= 0.3 is 5.97 Å². The molecule has 1 unspecified atom stereocenters. The van der Waals surface area contributed by atoms with Gasteiger partial charge in [0.05, 0.1) is 5.92 Å². The maximum atomic E-state index is 10.8. The van der Waals surface area contributed by atoms with Crippen LogP contribution in [-0.2, 0) is 4.79 Å². The number of thioether (sulfide) groups is 1. The van der Waals surface area contributed by atoms with Gasteiger partial charge in [0, 0.05) is 0 Å². The van der Waals surface area contributed by atoms with E-state index < -0.39 is 5.97 Å². The Morgan fingerprint density at radius 1 is 1.38 bits per heavy atom. The highest BCUT2D eigenvalue weighted by Gasteiger charge is 2.15. The highest BCUT2D eigenvalue weighted by Crippen LogP contribution is 2.16. The summed E-state index contributed by atoms with van der Waals surface area (Å²) in [6.45, 7) is 2.10. The lowest BCUT2D eigenvalue weighted by atomic mass is 9.97. The second kappa shape index (κ2) is 8.42. The molecule has 0 aliphatic rings. The maximum Gasteiger partial charge on any atom is 0.306 e. The molecule has 0 rings (SSSR count). The van der Waals surface area contributed by atoms with Crippen molar-refractivity contribution in [3.8, 4) is 0 Å². The van der Waals surface area contributed by atoms with E-state index in [9.17, 15) is 4.79 Å². The second-order valence-corrected chi connectivity index (χ2v) is 4.30. The number of hydrogen-bond acceptors (Lipinski definition) is 2. The quantitative estimate of drug-likeness (QED) is 0.617. The molecule has 0 aromatic carbocycles. The Kier molecular flexibility index (Phi) is 8.30. The Morgan fingerprint density at radius 3 is 2.46 bits per heavy atom. The van der Waals surface area contributed by atoms with Crippen molar-refractivity contribution in [1.29, 1.82) is 0 Å². The minimum atomic E-state index is -0.616. The molecule has 1 atom stereocenters. The summed E-state index contributed by atoms with van der Waals surface area (Å²) in [5.41, 5.74) is 0. The van der Waals surface area contributed by atoms with Crippen molar-refractivity contribution in [1.82, 2.24) is 0 Å². The third kappa shape index (κ3) is 6.94. The first kappa shape index (κ1) is 12.8. The predicted octanol–water partition coefficient (Wildman–Crippen LogP) is 3.02. The summed E-state index contributed by atoms with van der Waals surface area (Å²) in [7, 11) is 0. The van der Waals surface area contributed by atoms with E-state index in [0.29, 0.717) is 0 Å². The summed E-state index contributed by atoms with van der Waals surface area (Å²) < 4.78 is 0. The van der Waals surface area contributed by atoms with E-state index in [0.717, 1.165) is 37.9 Å². The second-order valence-electron chi connectivity index (χ2n) is 3.31. The first-order valence-electron chi connectivity index (χ1n) is 4.94. The number of hydrogen-bond donors (Lipinski definition) is 1. The zero-order chi connectivity index (χ0) is 10.1. The summed E-state index contributed by atoms with van der Waals surface area (Å²) in [5, 5.41) is 8.89. The number of carbonyl (C=O) groups is 1. The van der Waals surface area contributed by atoms with Crippen LogP contribution in [0.5, 0.6) is 0 Å². The van der Waals surface area contributed by atoms with E-state index in [4.69, 9.17) is 5.11 Å². The fourth-order valence-corrected chi connectivity index (χ4v) is 1.77. The molecule has 0 spiro atoms. The van der Waals surface area contributed by atoms with Crippen LogP contribution in [0.3, 0.4) is 0 Å². The van der Waals surface area contributed by atoms with E-state index in [2.05, 4.69) is 13.2 Å². The number of rotatable bonds is 8. The molecule has 0 heterocycles. The molecule has 0 bridgehead atoms. The first-order valence-corrected chi connectivity index (χ1v) is 6.33. The van der Waals surface area contributed by atoms with Crippen molar-refractivity contribution < 1.29 is 9.90 Å². The lowest BCUT2D eigenvalue weighted by molar-refractivity contribution is -0.142. The third-order valence-electron chi connectivity index (χ3n) is 2.16. The average molecular weight is 204 g/mol. The van der Waals surface area contributed by atoms with E-state index in [-0.39, 0.29) is 5.92 Å². The molecule has 1 N–H and O–H groups in total. The van der Waals surface area contributed by atoms with Gasteiger partial charge in [-0.2, -0.15) is 11.8 Å². The van der Waals surface area contributed by atoms with Crippen LogP contribution >= 0.6 is 11.8 Å². The molecule has 13 heavy (non-hydrogen) atoms. The van der Waals surface area contributed by atoms with Crippen molar-refractivity contribution in [2.45, 2.75) is 39.0 Å². The SMILES string of the molecule is CCCCC(CCCSC)C(=O)O. The molecule has 3 heteroatoms. The van der Waals surface area contributed by atoms with Crippen LogP contribution in [0.4, 0.5) is 0 Å². The fourth-order valence-electron chi connectivity index (χ4n) is 1.32. The molecule has 0 aromatic rings. The number of carboxylic acid groups (broad SMARTS) is 1. The summed E-state index contributed by atoms with van der Waals surface area (Å²) in [6, 6.07) is 0. The Morgan fingerprint density at radius 2 is 2.00 bits per heavy atom. The molecule has 2 nitrogen and oxygen atoms in total. The van der Waals surface area contributed by atoms with Crippen molar-refractivity contribution in [3.05, 3.63) is 0 Å². The van der Waals surface area contributed by atoms with Gasteiger partial charge in [0.2, 0.25) is 0 Å². The number of unbranched alkanes of at least 4 members (excludes halogenated alkanes) is 1. The average Bonchev–Trinajstić information content (AvgIpc) is 2.10.